The van der Waals surface area contributed by atoms with Gasteiger partial charge in [-0.1, -0.05) is 41.7 Å². The van der Waals surface area contributed by atoms with Crippen LogP contribution in [0.1, 0.15) is 31.2 Å². The Bertz CT molecular complexity index is 734. The highest BCUT2D eigenvalue weighted by Gasteiger charge is 2.22. The Balaban J connectivity index is 2.16. The van der Waals surface area contributed by atoms with Gasteiger partial charge in [0.15, 0.2) is 0 Å². The van der Waals surface area contributed by atoms with Crippen molar-refractivity contribution in [1.29, 1.82) is 0 Å². The molecule has 0 unspecified atom stereocenters. The molecule has 0 fully saturated rings. The van der Waals surface area contributed by atoms with Crippen LogP contribution >= 0.6 is 0 Å². The molecular weight excluding hydrogens is 306 g/mol. The maximum atomic E-state index is 12.7. The predicted octanol–water partition coefficient (Wildman–Crippen LogP) is 3.68. The second-order valence-corrected chi connectivity index (χ2v) is 7.61. The number of rotatable bonds is 5. The van der Waals surface area contributed by atoms with E-state index in [0.717, 1.165) is 24.0 Å². The molecule has 23 heavy (non-hydrogen) atoms. The number of nitrogens with zero attached hydrogens (tertiary/aromatic N) is 1. The Labute approximate surface area is 139 Å². The smallest absolute Gasteiger partial charge is 0.207 e. The van der Waals surface area contributed by atoms with E-state index in [1.807, 2.05) is 6.92 Å². The van der Waals surface area contributed by atoms with Crippen LogP contribution in [0, 0.1) is 18.8 Å². The van der Waals surface area contributed by atoms with Crippen LogP contribution in [0.2, 0.25) is 0 Å². The third-order valence-electron chi connectivity index (χ3n) is 3.79. The van der Waals surface area contributed by atoms with Crippen molar-refractivity contribution >= 4 is 10.0 Å². The van der Waals surface area contributed by atoms with E-state index in [9.17, 15) is 8.42 Å². The average Bonchev–Trinajstić information content (AvgIpc) is 2.55. The number of sulfonamides is 1. The van der Waals surface area contributed by atoms with E-state index < -0.39 is 10.0 Å². The molecular formula is C19H23NO2S. The summed E-state index contributed by atoms with van der Waals surface area (Å²) in [5, 5.41) is 0. The first kappa shape index (κ1) is 17.5. The van der Waals surface area contributed by atoms with Gasteiger partial charge in [0.1, 0.15) is 0 Å². The van der Waals surface area contributed by atoms with Crippen molar-refractivity contribution in [1.82, 2.24) is 4.31 Å². The highest BCUT2D eigenvalue weighted by atomic mass is 32.2. The lowest BCUT2D eigenvalue weighted by atomic mass is 10.0. The Morgan fingerprint density at radius 1 is 1.26 bits per heavy atom. The zero-order valence-corrected chi connectivity index (χ0v) is 14.4. The quantitative estimate of drug-likeness (QED) is 0.610. The van der Waals surface area contributed by atoms with Gasteiger partial charge in [0.05, 0.1) is 11.4 Å². The molecule has 0 atom stereocenters. The highest BCUT2D eigenvalue weighted by molar-refractivity contribution is 7.89. The minimum absolute atomic E-state index is 0.180. The second-order valence-electron chi connectivity index (χ2n) is 5.68. The first-order valence-corrected chi connectivity index (χ1v) is 9.33. The van der Waals surface area contributed by atoms with Gasteiger partial charge in [-0.15, -0.1) is 6.58 Å². The average molecular weight is 329 g/mol. The zero-order valence-electron chi connectivity index (χ0n) is 13.6. The van der Waals surface area contributed by atoms with E-state index in [4.69, 9.17) is 0 Å². The van der Waals surface area contributed by atoms with Crippen molar-refractivity contribution in [2.45, 2.75) is 37.5 Å². The number of aryl methyl sites for hydroxylation is 1. The molecule has 0 aliphatic heterocycles. The molecule has 1 aliphatic carbocycles. The Kier molecular flexibility index (Phi) is 6.20. The molecule has 1 aromatic rings. The number of hydrogen-bond donors (Lipinski definition) is 0. The largest absolute Gasteiger partial charge is 0.244 e. The minimum atomic E-state index is -3.54. The summed E-state index contributed by atoms with van der Waals surface area (Å²) >= 11 is 0. The van der Waals surface area contributed by atoms with E-state index in [0.29, 0.717) is 4.90 Å². The van der Waals surface area contributed by atoms with Crippen LogP contribution in [0.5, 0.6) is 0 Å². The molecule has 1 aliphatic rings. The van der Waals surface area contributed by atoms with Gasteiger partial charge >= 0.3 is 0 Å². The normalized spacial score (nSPS) is 14.8. The SMILES string of the molecule is C=CCN(CC#CC1=CCCCC1)S(=O)(=O)c1ccc(C)cc1. The molecule has 4 heteroatoms. The van der Waals surface area contributed by atoms with Gasteiger partial charge in [-0.3, -0.25) is 0 Å². The molecule has 0 heterocycles. The summed E-state index contributed by atoms with van der Waals surface area (Å²) in [6.45, 7) is 6.02. The predicted molar refractivity (Wildman–Crippen MR) is 94.5 cm³/mol. The van der Waals surface area contributed by atoms with E-state index in [-0.39, 0.29) is 13.1 Å². The molecule has 3 nitrogen and oxygen atoms in total. The number of benzene rings is 1. The molecule has 0 bridgehead atoms. The van der Waals surface area contributed by atoms with Crippen LogP contribution < -0.4 is 0 Å². The van der Waals surface area contributed by atoms with Crippen LogP contribution in [0.3, 0.4) is 0 Å². The van der Waals surface area contributed by atoms with Crippen molar-refractivity contribution in [2.75, 3.05) is 13.1 Å². The van der Waals surface area contributed by atoms with E-state index >= 15 is 0 Å². The lowest BCUT2D eigenvalue weighted by molar-refractivity contribution is 0.478. The van der Waals surface area contributed by atoms with Gasteiger partial charge in [0.25, 0.3) is 0 Å². The Morgan fingerprint density at radius 2 is 2.00 bits per heavy atom. The molecule has 0 radical (unpaired) electrons. The standard InChI is InChI=1S/C19H23NO2S/c1-3-15-20(16-7-10-18-8-5-4-6-9-18)23(21,22)19-13-11-17(2)12-14-19/h3,8,11-14H,1,4-6,9,15-16H2,2H3. The molecule has 0 spiro atoms. The molecule has 0 amide bonds. The monoisotopic (exact) mass is 329 g/mol. The summed E-state index contributed by atoms with van der Waals surface area (Å²) in [4.78, 5) is 0.295. The molecule has 1 aromatic carbocycles. The third-order valence-corrected chi connectivity index (χ3v) is 5.61. The lowest BCUT2D eigenvalue weighted by Gasteiger charge is -2.18. The van der Waals surface area contributed by atoms with Crippen molar-refractivity contribution in [3.8, 4) is 11.8 Å². The highest BCUT2D eigenvalue weighted by Crippen LogP contribution is 2.17. The first-order chi connectivity index (χ1) is 11.0. The minimum Gasteiger partial charge on any atom is -0.207 e. The molecule has 0 saturated carbocycles. The summed E-state index contributed by atoms with van der Waals surface area (Å²) in [6, 6.07) is 6.88. The molecule has 0 saturated heterocycles. The fraction of sp³-hybridized carbons (Fsp3) is 0.368. The summed E-state index contributed by atoms with van der Waals surface area (Å²) in [7, 11) is -3.54. The Morgan fingerprint density at radius 3 is 2.61 bits per heavy atom. The molecule has 0 N–H and O–H groups in total. The van der Waals surface area contributed by atoms with Crippen molar-refractivity contribution in [3.05, 3.63) is 54.1 Å². The van der Waals surface area contributed by atoms with Crippen LogP contribution in [0.4, 0.5) is 0 Å². The van der Waals surface area contributed by atoms with Crippen molar-refractivity contribution in [3.63, 3.8) is 0 Å². The summed E-state index contributed by atoms with van der Waals surface area (Å²) in [5.74, 6) is 6.12. The Hall–Kier alpha value is -1.83. The summed E-state index contributed by atoms with van der Waals surface area (Å²) < 4.78 is 26.8. The van der Waals surface area contributed by atoms with Crippen LogP contribution in [0.15, 0.2) is 53.5 Å². The summed E-state index contributed by atoms with van der Waals surface area (Å²) in [5.41, 5.74) is 2.16. The lowest BCUT2D eigenvalue weighted by Crippen LogP contribution is -2.31. The third kappa shape index (κ3) is 4.82. The topological polar surface area (TPSA) is 37.4 Å². The molecule has 2 rings (SSSR count). The fourth-order valence-electron chi connectivity index (χ4n) is 2.44. The zero-order chi connectivity index (χ0) is 16.7. The fourth-order valence-corrected chi connectivity index (χ4v) is 3.76. The van der Waals surface area contributed by atoms with E-state index in [1.165, 1.54) is 17.1 Å². The van der Waals surface area contributed by atoms with Gasteiger partial charge in [-0.2, -0.15) is 4.31 Å². The van der Waals surface area contributed by atoms with Crippen LogP contribution in [-0.4, -0.2) is 25.8 Å². The van der Waals surface area contributed by atoms with Crippen LogP contribution in [-0.2, 0) is 10.0 Å². The second kappa shape index (κ2) is 8.14. The van der Waals surface area contributed by atoms with Gasteiger partial charge < -0.3 is 0 Å². The number of hydrogen-bond acceptors (Lipinski definition) is 2. The van der Waals surface area contributed by atoms with Crippen molar-refractivity contribution < 1.29 is 8.42 Å². The molecule has 122 valence electrons. The maximum absolute atomic E-state index is 12.7. The maximum Gasteiger partial charge on any atom is 0.244 e. The summed E-state index contributed by atoms with van der Waals surface area (Å²) in [6.07, 6.45) is 8.20. The van der Waals surface area contributed by atoms with Gasteiger partial charge in [0, 0.05) is 6.54 Å². The van der Waals surface area contributed by atoms with Gasteiger partial charge in [0.2, 0.25) is 10.0 Å². The first-order valence-electron chi connectivity index (χ1n) is 7.89. The van der Waals surface area contributed by atoms with E-state index in [1.54, 1.807) is 30.3 Å². The number of allylic oxidation sites excluding steroid dienone is 2. The van der Waals surface area contributed by atoms with Crippen molar-refractivity contribution in [2.24, 2.45) is 0 Å². The van der Waals surface area contributed by atoms with Gasteiger partial charge in [-0.05, 0) is 50.3 Å². The van der Waals surface area contributed by atoms with Crippen LogP contribution in [0.25, 0.3) is 0 Å². The van der Waals surface area contributed by atoms with E-state index in [2.05, 4.69) is 24.5 Å². The molecule has 0 aromatic heterocycles. The van der Waals surface area contributed by atoms with Gasteiger partial charge in [-0.25, -0.2) is 8.42 Å².